The summed E-state index contributed by atoms with van der Waals surface area (Å²) in [6.45, 7) is 4.44. The van der Waals surface area contributed by atoms with Crippen LogP contribution in [0.2, 0.25) is 0 Å². The number of carboxylic acid groups (broad SMARTS) is 3. The van der Waals surface area contributed by atoms with Crippen LogP contribution in [0, 0.1) is 5.92 Å². The van der Waals surface area contributed by atoms with Gasteiger partial charge in [-0.3, -0.25) is 14.4 Å². The third-order valence-corrected chi connectivity index (χ3v) is 5.19. The summed E-state index contributed by atoms with van der Waals surface area (Å²) in [5, 5.41) is 25.5. The summed E-state index contributed by atoms with van der Waals surface area (Å²) in [5.74, 6) is -2.41. The first-order valence-corrected chi connectivity index (χ1v) is 12.0. The summed E-state index contributed by atoms with van der Waals surface area (Å²) in [5.41, 5.74) is 0. The summed E-state index contributed by atoms with van der Waals surface area (Å²) in [4.78, 5) is 31.0. The van der Waals surface area contributed by atoms with E-state index >= 15 is 0 Å². The van der Waals surface area contributed by atoms with Crippen LogP contribution >= 0.6 is 0 Å². The van der Waals surface area contributed by atoms with Gasteiger partial charge in [-0.15, -0.1) is 0 Å². The molecule has 3 N–H and O–H groups in total. The van der Waals surface area contributed by atoms with Gasteiger partial charge in [0.05, 0.1) is 5.92 Å². The highest BCUT2D eigenvalue weighted by atomic mass is 16.4. The van der Waals surface area contributed by atoms with Crippen LogP contribution in [0.3, 0.4) is 0 Å². The molecule has 0 saturated heterocycles. The maximum absolute atomic E-state index is 11.2. The van der Waals surface area contributed by atoms with Crippen molar-refractivity contribution < 1.29 is 29.7 Å². The lowest BCUT2D eigenvalue weighted by Gasteiger charge is -2.12. The molecule has 0 fully saturated rings. The topological polar surface area (TPSA) is 112 Å². The molecule has 6 nitrogen and oxygen atoms in total. The van der Waals surface area contributed by atoms with Gasteiger partial charge in [-0.1, -0.05) is 90.9 Å². The second-order valence-corrected chi connectivity index (χ2v) is 8.14. The van der Waals surface area contributed by atoms with Crippen LogP contribution in [0.4, 0.5) is 0 Å². The molecule has 0 aliphatic carbocycles. The van der Waals surface area contributed by atoms with E-state index < -0.39 is 17.9 Å². The predicted molar refractivity (Wildman–Crippen MR) is 121 cm³/mol. The highest BCUT2D eigenvalue weighted by Gasteiger charge is 2.16. The highest BCUT2D eigenvalue weighted by Crippen LogP contribution is 2.19. The zero-order valence-corrected chi connectivity index (χ0v) is 19.4. The van der Waals surface area contributed by atoms with Crippen molar-refractivity contribution >= 4 is 17.9 Å². The molecule has 0 aliphatic rings. The van der Waals surface area contributed by atoms with E-state index in [4.69, 9.17) is 10.2 Å². The Hall–Kier alpha value is -1.59. The van der Waals surface area contributed by atoms with Crippen molar-refractivity contribution in [2.24, 2.45) is 5.92 Å². The fourth-order valence-electron chi connectivity index (χ4n) is 3.29. The lowest BCUT2D eigenvalue weighted by atomic mass is 9.94. The van der Waals surface area contributed by atoms with Gasteiger partial charge in [0.1, 0.15) is 0 Å². The van der Waals surface area contributed by atoms with E-state index in [2.05, 4.69) is 13.8 Å². The zero-order valence-electron chi connectivity index (χ0n) is 19.4. The minimum absolute atomic E-state index is 0.0628. The maximum Gasteiger partial charge on any atom is 0.306 e. The number of hydrogen-bond donors (Lipinski definition) is 3. The lowest BCUT2D eigenvalue weighted by molar-refractivity contribution is -0.142. The van der Waals surface area contributed by atoms with Crippen molar-refractivity contribution in [3.05, 3.63) is 0 Å². The van der Waals surface area contributed by atoms with E-state index in [9.17, 15) is 19.5 Å². The molecule has 0 bridgehead atoms. The Balaban J connectivity index is 0. The number of unbranched alkanes of at least 4 members (excludes halogenated alkanes) is 11. The molecule has 30 heavy (non-hydrogen) atoms. The van der Waals surface area contributed by atoms with Crippen LogP contribution < -0.4 is 0 Å². The minimum Gasteiger partial charge on any atom is -0.481 e. The molecule has 1 atom stereocenters. The second-order valence-electron chi connectivity index (χ2n) is 8.14. The average molecular weight is 431 g/mol. The summed E-state index contributed by atoms with van der Waals surface area (Å²) in [7, 11) is 0. The minimum atomic E-state index is -0.870. The molecule has 0 aromatic carbocycles. The number of aliphatic carboxylic acids is 3. The normalized spacial score (nSPS) is 11.4. The molecule has 1 unspecified atom stereocenters. The number of hydrogen-bond acceptors (Lipinski definition) is 3. The smallest absolute Gasteiger partial charge is 0.306 e. The molecule has 0 saturated carbocycles. The molecular weight excluding hydrogens is 384 g/mol. The number of rotatable bonds is 20. The average Bonchev–Trinajstić information content (AvgIpc) is 2.68. The monoisotopic (exact) mass is 430 g/mol. The molecule has 0 rings (SSSR count). The first kappa shape index (κ1) is 30.6. The molecule has 178 valence electrons. The molecule has 0 aromatic rings. The standard InChI is InChI=1S/C18H36O2.C6H10O4/c1-3-5-7-9-10-12-14-16-17(18(19)20)15-13-11-8-6-4-2;7-5(8)3-1-2-4-6(9)10/h17H,3-16H2,1-2H3,(H,19,20);1-4H2,(H,7,8)(H,9,10). The Morgan fingerprint density at radius 1 is 0.533 bits per heavy atom. The first-order valence-electron chi connectivity index (χ1n) is 12.0. The SMILES string of the molecule is CCCCCCCCCC(CCCCCCC)C(=O)O.O=C(O)CCCCC(=O)O. The first-order chi connectivity index (χ1) is 14.3. The Morgan fingerprint density at radius 3 is 1.17 bits per heavy atom. The third-order valence-electron chi connectivity index (χ3n) is 5.19. The van der Waals surface area contributed by atoms with Crippen LogP contribution in [0.5, 0.6) is 0 Å². The molecule has 0 radical (unpaired) electrons. The summed E-state index contributed by atoms with van der Waals surface area (Å²) < 4.78 is 0. The molecule has 0 aromatic heterocycles. The molecule has 0 spiro atoms. The van der Waals surface area contributed by atoms with E-state index in [0.717, 1.165) is 25.7 Å². The van der Waals surface area contributed by atoms with Crippen molar-refractivity contribution in [2.75, 3.05) is 0 Å². The Bertz CT molecular complexity index is 406. The molecule has 6 heteroatoms. The van der Waals surface area contributed by atoms with E-state index in [0.29, 0.717) is 12.8 Å². The summed E-state index contributed by atoms with van der Waals surface area (Å²) >= 11 is 0. The lowest BCUT2D eigenvalue weighted by Crippen LogP contribution is -2.13. The van der Waals surface area contributed by atoms with Gasteiger partial charge in [0, 0.05) is 12.8 Å². The maximum atomic E-state index is 11.2. The number of carboxylic acids is 3. The molecule has 0 aliphatic heterocycles. The van der Waals surface area contributed by atoms with Crippen molar-refractivity contribution in [3.8, 4) is 0 Å². The third kappa shape index (κ3) is 26.4. The quantitative estimate of drug-likeness (QED) is 0.181. The van der Waals surface area contributed by atoms with Crippen LogP contribution in [0.1, 0.15) is 129 Å². The van der Waals surface area contributed by atoms with E-state index in [1.807, 2.05) is 0 Å². The fourth-order valence-corrected chi connectivity index (χ4v) is 3.29. The van der Waals surface area contributed by atoms with Gasteiger partial charge in [0.2, 0.25) is 0 Å². The molecular formula is C24H46O6. The number of carbonyl (C=O) groups is 3. The van der Waals surface area contributed by atoms with Gasteiger partial charge >= 0.3 is 17.9 Å². The molecule has 0 heterocycles. The van der Waals surface area contributed by atoms with Crippen LogP contribution in [0.25, 0.3) is 0 Å². The fraction of sp³-hybridized carbons (Fsp3) is 0.875. The summed E-state index contributed by atoms with van der Waals surface area (Å²) in [6.07, 6.45) is 17.8. The summed E-state index contributed by atoms with van der Waals surface area (Å²) in [6, 6.07) is 0. The van der Waals surface area contributed by atoms with E-state index in [1.54, 1.807) is 0 Å². The largest absolute Gasteiger partial charge is 0.481 e. The van der Waals surface area contributed by atoms with Crippen LogP contribution in [-0.4, -0.2) is 33.2 Å². The molecule has 0 amide bonds. The van der Waals surface area contributed by atoms with Crippen molar-refractivity contribution in [1.82, 2.24) is 0 Å². The van der Waals surface area contributed by atoms with E-state index in [-0.39, 0.29) is 18.8 Å². The predicted octanol–water partition coefficient (Wildman–Crippen LogP) is 6.90. The van der Waals surface area contributed by atoms with Gasteiger partial charge in [-0.05, 0) is 25.7 Å². The van der Waals surface area contributed by atoms with Gasteiger partial charge in [-0.2, -0.15) is 0 Å². The van der Waals surface area contributed by atoms with E-state index in [1.165, 1.54) is 64.2 Å². The Morgan fingerprint density at radius 2 is 0.867 bits per heavy atom. The highest BCUT2D eigenvalue weighted by molar-refractivity contribution is 5.69. The van der Waals surface area contributed by atoms with Crippen LogP contribution in [0.15, 0.2) is 0 Å². The Kier molecular flexibility index (Phi) is 24.2. The van der Waals surface area contributed by atoms with Gasteiger partial charge in [-0.25, -0.2) is 0 Å². The van der Waals surface area contributed by atoms with Crippen molar-refractivity contribution in [2.45, 2.75) is 129 Å². The van der Waals surface area contributed by atoms with Gasteiger partial charge in [0.25, 0.3) is 0 Å². The van der Waals surface area contributed by atoms with Crippen LogP contribution in [-0.2, 0) is 14.4 Å². The zero-order chi connectivity index (χ0) is 23.0. The van der Waals surface area contributed by atoms with Crippen molar-refractivity contribution in [1.29, 1.82) is 0 Å². The van der Waals surface area contributed by atoms with Crippen molar-refractivity contribution in [3.63, 3.8) is 0 Å². The van der Waals surface area contributed by atoms with Gasteiger partial charge in [0.15, 0.2) is 0 Å². The second kappa shape index (κ2) is 23.7. The Labute approximate surface area is 183 Å². The van der Waals surface area contributed by atoms with Gasteiger partial charge < -0.3 is 15.3 Å².